The van der Waals surface area contributed by atoms with Crippen LogP contribution in [0.25, 0.3) is 0 Å². The Labute approximate surface area is 146 Å². The molecule has 0 bridgehead atoms. The number of thiocarbonyl (C=S) groups is 1. The molecule has 2 aromatic carbocycles. The molecule has 0 spiro atoms. The van der Waals surface area contributed by atoms with Gasteiger partial charge in [0.25, 0.3) is 0 Å². The summed E-state index contributed by atoms with van der Waals surface area (Å²) in [6, 6.07) is 12.7. The quantitative estimate of drug-likeness (QED) is 0.424. The average molecular weight is 345 g/mol. The van der Waals surface area contributed by atoms with Crippen LogP contribution in [0.3, 0.4) is 0 Å². The number of hydrazone groups is 1. The van der Waals surface area contributed by atoms with Gasteiger partial charge in [0.15, 0.2) is 16.6 Å². The third-order valence-corrected chi connectivity index (χ3v) is 3.43. The number of methoxy groups -OCH3 is 2. The SMILES string of the molecule is COc1ccc(CNC(=S)N/N=C\c2ccc(OC)c(O)c2)cc1. The molecule has 0 amide bonds. The number of aromatic hydroxyl groups is 1. The lowest BCUT2D eigenvalue weighted by molar-refractivity contribution is 0.373. The third kappa shape index (κ3) is 5.13. The van der Waals surface area contributed by atoms with Gasteiger partial charge in [0, 0.05) is 6.54 Å². The zero-order valence-corrected chi connectivity index (χ0v) is 14.3. The van der Waals surface area contributed by atoms with E-state index >= 15 is 0 Å². The van der Waals surface area contributed by atoms with E-state index in [4.69, 9.17) is 21.7 Å². The van der Waals surface area contributed by atoms with Crippen molar-refractivity contribution in [1.82, 2.24) is 10.7 Å². The first-order chi connectivity index (χ1) is 11.6. The molecule has 0 fully saturated rings. The minimum Gasteiger partial charge on any atom is -0.504 e. The summed E-state index contributed by atoms with van der Waals surface area (Å²) in [5, 5.41) is 17.2. The molecular formula is C17H19N3O3S. The topological polar surface area (TPSA) is 75.1 Å². The molecule has 2 aromatic rings. The minimum absolute atomic E-state index is 0.0571. The molecular weight excluding hydrogens is 326 g/mol. The minimum atomic E-state index is 0.0571. The molecule has 0 aromatic heterocycles. The zero-order chi connectivity index (χ0) is 17.4. The highest BCUT2D eigenvalue weighted by atomic mass is 32.1. The predicted molar refractivity (Wildman–Crippen MR) is 97.8 cm³/mol. The van der Waals surface area contributed by atoms with Gasteiger partial charge in [-0.3, -0.25) is 5.43 Å². The Bertz CT molecular complexity index is 718. The van der Waals surface area contributed by atoms with Gasteiger partial charge < -0.3 is 19.9 Å². The van der Waals surface area contributed by atoms with Crippen molar-refractivity contribution >= 4 is 23.5 Å². The average Bonchev–Trinajstić information content (AvgIpc) is 2.60. The number of rotatable bonds is 6. The van der Waals surface area contributed by atoms with Crippen molar-refractivity contribution in [1.29, 1.82) is 0 Å². The number of hydrogen-bond donors (Lipinski definition) is 3. The van der Waals surface area contributed by atoms with Gasteiger partial charge in [-0.1, -0.05) is 12.1 Å². The van der Waals surface area contributed by atoms with Gasteiger partial charge in [0.1, 0.15) is 5.75 Å². The van der Waals surface area contributed by atoms with E-state index in [2.05, 4.69) is 15.8 Å². The van der Waals surface area contributed by atoms with Crippen LogP contribution >= 0.6 is 12.2 Å². The van der Waals surface area contributed by atoms with Gasteiger partial charge in [-0.05, 0) is 53.7 Å². The van der Waals surface area contributed by atoms with Crippen molar-refractivity contribution in [2.45, 2.75) is 6.54 Å². The number of nitrogens with one attached hydrogen (secondary N) is 2. The number of nitrogens with zero attached hydrogens (tertiary/aromatic N) is 1. The fraction of sp³-hybridized carbons (Fsp3) is 0.176. The standard InChI is InChI=1S/C17H19N3O3S/c1-22-14-6-3-12(4-7-14)10-18-17(24)20-19-11-13-5-8-16(23-2)15(21)9-13/h3-9,11,21H,10H2,1-2H3,(H2,18,20,24)/b19-11-. The largest absolute Gasteiger partial charge is 0.504 e. The molecule has 0 saturated heterocycles. The summed E-state index contributed by atoms with van der Waals surface area (Å²) in [6.45, 7) is 0.578. The lowest BCUT2D eigenvalue weighted by Gasteiger charge is -2.08. The number of ether oxygens (including phenoxy) is 2. The Morgan fingerprint density at radius 1 is 1.17 bits per heavy atom. The van der Waals surface area contributed by atoms with Gasteiger partial charge in [-0.25, -0.2) is 0 Å². The Balaban J connectivity index is 1.80. The Morgan fingerprint density at radius 3 is 2.54 bits per heavy atom. The molecule has 3 N–H and O–H groups in total. The van der Waals surface area contributed by atoms with Crippen LogP contribution in [0.4, 0.5) is 0 Å². The summed E-state index contributed by atoms with van der Waals surface area (Å²) in [5.41, 5.74) is 4.52. The van der Waals surface area contributed by atoms with E-state index in [1.807, 2.05) is 24.3 Å². The molecule has 7 heteroatoms. The van der Waals surface area contributed by atoms with Crippen LogP contribution in [-0.2, 0) is 6.54 Å². The van der Waals surface area contributed by atoms with E-state index in [0.717, 1.165) is 16.9 Å². The second kappa shape index (κ2) is 8.73. The molecule has 0 aliphatic heterocycles. The third-order valence-electron chi connectivity index (χ3n) is 3.19. The number of hydrogen-bond acceptors (Lipinski definition) is 5. The van der Waals surface area contributed by atoms with Gasteiger partial charge in [-0.2, -0.15) is 5.10 Å². The highest BCUT2D eigenvalue weighted by Gasteiger charge is 2.01. The molecule has 2 rings (SSSR count). The number of benzene rings is 2. The maximum atomic E-state index is 9.69. The van der Waals surface area contributed by atoms with Crippen LogP contribution in [0.5, 0.6) is 17.2 Å². The molecule has 0 atom stereocenters. The summed E-state index contributed by atoms with van der Waals surface area (Å²) in [6.07, 6.45) is 1.56. The van der Waals surface area contributed by atoms with Crippen LogP contribution < -0.4 is 20.2 Å². The second-order valence-electron chi connectivity index (χ2n) is 4.83. The van der Waals surface area contributed by atoms with E-state index in [-0.39, 0.29) is 5.75 Å². The Morgan fingerprint density at radius 2 is 1.92 bits per heavy atom. The second-order valence-corrected chi connectivity index (χ2v) is 5.24. The smallest absolute Gasteiger partial charge is 0.187 e. The first-order valence-corrected chi connectivity index (χ1v) is 7.60. The first-order valence-electron chi connectivity index (χ1n) is 7.19. The number of phenols is 1. The molecule has 0 aliphatic carbocycles. The van der Waals surface area contributed by atoms with E-state index in [9.17, 15) is 5.11 Å². The van der Waals surface area contributed by atoms with E-state index in [0.29, 0.717) is 17.4 Å². The molecule has 0 saturated carbocycles. The van der Waals surface area contributed by atoms with Crippen LogP contribution in [0.1, 0.15) is 11.1 Å². The van der Waals surface area contributed by atoms with E-state index < -0.39 is 0 Å². The Hall–Kier alpha value is -2.80. The van der Waals surface area contributed by atoms with Gasteiger partial charge in [-0.15, -0.1) is 0 Å². The van der Waals surface area contributed by atoms with Crippen LogP contribution in [0.15, 0.2) is 47.6 Å². The van der Waals surface area contributed by atoms with Crippen molar-refractivity contribution in [3.8, 4) is 17.2 Å². The molecule has 126 valence electrons. The van der Waals surface area contributed by atoms with Crippen molar-refractivity contribution in [3.05, 3.63) is 53.6 Å². The molecule has 0 aliphatic rings. The molecule has 0 radical (unpaired) electrons. The lowest BCUT2D eigenvalue weighted by atomic mass is 10.2. The molecule has 6 nitrogen and oxygen atoms in total. The van der Waals surface area contributed by atoms with Gasteiger partial charge in [0.2, 0.25) is 0 Å². The first kappa shape index (κ1) is 17.6. The normalized spacial score (nSPS) is 10.4. The van der Waals surface area contributed by atoms with Crippen LogP contribution in [0.2, 0.25) is 0 Å². The van der Waals surface area contributed by atoms with Crippen molar-refractivity contribution < 1.29 is 14.6 Å². The molecule has 0 unspecified atom stereocenters. The summed E-state index contributed by atoms with van der Waals surface area (Å²) in [4.78, 5) is 0. The van der Waals surface area contributed by atoms with Crippen molar-refractivity contribution in [2.24, 2.45) is 5.10 Å². The highest BCUT2D eigenvalue weighted by Crippen LogP contribution is 2.25. The monoisotopic (exact) mass is 345 g/mol. The summed E-state index contributed by atoms with van der Waals surface area (Å²) < 4.78 is 10.1. The summed E-state index contributed by atoms with van der Waals surface area (Å²) >= 11 is 5.15. The summed E-state index contributed by atoms with van der Waals surface area (Å²) in [5.74, 6) is 1.28. The van der Waals surface area contributed by atoms with Crippen molar-refractivity contribution in [3.63, 3.8) is 0 Å². The fourth-order valence-corrected chi connectivity index (χ4v) is 2.04. The maximum Gasteiger partial charge on any atom is 0.187 e. The van der Waals surface area contributed by atoms with Crippen molar-refractivity contribution in [2.75, 3.05) is 14.2 Å². The number of phenolic OH excluding ortho intramolecular Hbond substituents is 1. The van der Waals surface area contributed by atoms with Crippen LogP contribution in [0, 0.1) is 0 Å². The lowest BCUT2D eigenvalue weighted by Crippen LogP contribution is -2.31. The van der Waals surface area contributed by atoms with E-state index in [1.165, 1.54) is 7.11 Å². The highest BCUT2D eigenvalue weighted by molar-refractivity contribution is 7.80. The van der Waals surface area contributed by atoms with Crippen LogP contribution in [-0.4, -0.2) is 30.7 Å². The van der Waals surface area contributed by atoms with E-state index in [1.54, 1.807) is 31.5 Å². The van der Waals surface area contributed by atoms with Gasteiger partial charge in [0.05, 0.1) is 20.4 Å². The molecule has 24 heavy (non-hydrogen) atoms. The molecule has 0 heterocycles. The summed E-state index contributed by atoms with van der Waals surface area (Å²) in [7, 11) is 3.13. The predicted octanol–water partition coefficient (Wildman–Crippen LogP) is 2.41. The Kier molecular flexibility index (Phi) is 6.39. The van der Waals surface area contributed by atoms with Gasteiger partial charge >= 0.3 is 0 Å². The fourth-order valence-electron chi connectivity index (χ4n) is 1.92. The maximum absolute atomic E-state index is 9.69. The zero-order valence-electron chi connectivity index (χ0n) is 13.4.